The fraction of sp³-hybridized carbons (Fsp3) is 0.176. The molecule has 0 unspecified atom stereocenters. The molecule has 3 rings (SSSR count). The van der Waals surface area contributed by atoms with Crippen molar-refractivity contribution in [1.82, 2.24) is 0 Å². The second-order valence-corrected chi connectivity index (χ2v) is 8.13. The number of carbonyl (C=O) groups excluding carboxylic acids is 2. The largest absolute Gasteiger partial charge is 0.495 e. The normalized spacial score (nSPS) is 14.6. The molecule has 1 saturated heterocycles. The highest BCUT2D eigenvalue weighted by Crippen LogP contribution is 2.36. The van der Waals surface area contributed by atoms with Gasteiger partial charge in [0.25, 0.3) is 10.0 Å². The molecule has 0 aliphatic carbocycles. The van der Waals surface area contributed by atoms with Gasteiger partial charge in [0.2, 0.25) is 11.8 Å². The summed E-state index contributed by atoms with van der Waals surface area (Å²) in [7, 11) is -2.70. The minimum absolute atomic E-state index is 0.0568. The van der Waals surface area contributed by atoms with Crippen LogP contribution in [0.3, 0.4) is 0 Å². The summed E-state index contributed by atoms with van der Waals surface area (Å²) in [6, 6.07) is 8.42. The number of carbonyl (C=O) groups is 2. The number of sulfonamides is 1. The van der Waals surface area contributed by atoms with Crippen molar-refractivity contribution in [3.05, 3.63) is 46.4 Å². The Morgan fingerprint density at radius 3 is 2.37 bits per heavy atom. The molecule has 1 fully saturated rings. The summed E-state index contributed by atoms with van der Waals surface area (Å²) in [5.74, 6) is -0.629. The van der Waals surface area contributed by atoms with Crippen LogP contribution in [-0.4, -0.2) is 27.3 Å². The van der Waals surface area contributed by atoms with Gasteiger partial charge in [0.05, 0.1) is 33.4 Å². The van der Waals surface area contributed by atoms with Crippen molar-refractivity contribution in [3.63, 3.8) is 0 Å². The van der Waals surface area contributed by atoms with E-state index in [1.165, 1.54) is 37.4 Å². The number of halogens is 2. The van der Waals surface area contributed by atoms with Gasteiger partial charge >= 0.3 is 0 Å². The van der Waals surface area contributed by atoms with Gasteiger partial charge < -0.3 is 4.74 Å². The van der Waals surface area contributed by atoms with Crippen LogP contribution >= 0.6 is 23.2 Å². The molecule has 27 heavy (non-hydrogen) atoms. The average molecular weight is 429 g/mol. The van der Waals surface area contributed by atoms with Gasteiger partial charge in [-0.05, 0) is 30.3 Å². The zero-order chi connectivity index (χ0) is 19.8. The van der Waals surface area contributed by atoms with Crippen LogP contribution in [0.4, 0.5) is 11.4 Å². The maximum atomic E-state index is 12.8. The highest BCUT2D eigenvalue weighted by molar-refractivity contribution is 7.92. The summed E-state index contributed by atoms with van der Waals surface area (Å²) in [6.45, 7) is 0. The molecule has 2 amide bonds. The van der Waals surface area contributed by atoms with Gasteiger partial charge in [-0.3, -0.25) is 14.3 Å². The third-order valence-electron chi connectivity index (χ3n) is 3.95. The zero-order valence-electron chi connectivity index (χ0n) is 14.0. The standard InChI is InChI=1S/C17H14Cl2N2O5S/c1-26-14-6-5-10(9-13(14)21-15(22)7-8-16(21)23)27(24,25)20-12-4-2-3-11(18)17(12)19/h2-6,9,20H,7-8H2,1H3. The Balaban J connectivity index is 2.03. The van der Waals surface area contributed by atoms with Gasteiger partial charge in [-0.15, -0.1) is 0 Å². The van der Waals surface area contributed by atoms with Crippen molar-refractivity contribution in [3.8, 4) is 5.75 Å². The van der Waals surface area contributed by atoms with E-state index < -0.39 is 21.8 Å². The number of ether oxygens (including phenoxy) is 1. The van der Waals surface area contributed by atoms with Crippen molar-refractivity contribution in [2.45, 2.75) is 17.7 Å². The molecule has 1 heterocycles. The van der Waals surface area contributed by atoms with E-state index in [1.807, 2.05) is 0 Å². The molecule has 0 bridgehead atoms. The SMILES string of the molecule is COc1ccc(S(=O)(=O)Nc2cccc(Cl)c2Cl)cc1N1C(=O)CCC1=O. The van der Waals surface area contributed by atoms with Crippen LogP contribution in [0.15, 0.2) is 41.3 Å². The van der Waals surface area contributed by atoms with Crippen molar-refractivity contribution < 1.29 is 22.7 Å². The summed E-state index contributed by atoms with van der Waals surface area (Å²) in [5.41, 5.74) is 0.180. The highest BCUT2D eigenvalue weighted by Gasteiger charge is 2.33. The van der Waals surface area contributed by atoms with Gasteiger partial charge in [-0.25, -0.2) is 13.3 Å². The number of hydrogen-bond donors (Lipinski definition) is 1. The topological polar surface area (TPSA) is 92.8 Å². The molecule has 10 heteroatoms. The van der Waals surface area contributed by atoms with Gasteiger partial charge in [-0.2, -0.15) is 0 Å². The predicted octanol–water partition coefficient (Wildman–Crippen LogP) is 3.46. The van der Waals surface area contributed by atoms with E-state index in [0.717, 1.165) is 4.90 Å². The Hall–Kier alpha value is -2.29. The van der Waals surface area contributed by atoms with Crippen LogP contribution in [0.5, 0.6) is 5.75 Å². The molecule has 142 valence electrons. The first-order chi connectivity index (χ1) is 12.7. The second-order valence-electron chi connectivity index (χ2n) is 5.66. The molecule has 0 atom stereocenters. The fourth-order valence-electron chi connectivity index (χ4n) is 2.64. The Kier molecular flexibility index (Phi) is 5.32. The molecule has 0 spiro atoms. The number of methoxy groups -OCH3 is 1. The Bertz CT molecular complexity index is 1020. The molecule has 7 nitrogen and oxygen atoms in total. The van der Waals surface area contributed by atoms with Crippen molar-refractivity contribution in [1.29, 1.82) is 0 Å². The minimum atomic E-state index is -4.06. The number of rotatable bonds is 5. The summed E-state index contributed by atoms with van der Waals surface area (Å²) >= 11 is 11.9. The smallest absolute Gasteiger partial charge is 0.262 e. The third-order valence-corrected chi connectivity index (χ3v) is 6.13. The molecule has 1 N–H and O–H groups in total. The second kappa shape index (κ2) is 7.38. The third kappa shape index (κ3) is 3.73. The lowest BCUT2D eigenvalue weighted by Gasteiger charge is -2.19. The molecule has 1 aliphatic rings. The first kappa shape index (κ1) is 19.5. The number of nitrogens with zero attached hydrogens (tertiary/aromatic N) is 1. The molecule has 0 saturated carbocycles. The molecule has 2 aromatic carbocycles. The summed E-state index contributed by atoms with van der Waals surface area (Å²) in [6.07, 6.45) is 0.130. The Labute approximate surface area is 165 Å². The fourth-order valence-corrected chi connectivity index (χ4v) is 4.14. The van der Waals surface area contributed by atoms with E-state index in [0.29, 0.717) is 0 Å². The van der Waals surface area contributed by atoms with Crippen LogP contribution in [0.1, 0.15) is 12.8 Å². The maximum Gasteiger partial charge on any atom is 0.262 e. The van der Waals surface area contributed by atoms with E-state index in [2.05, 4.69) is 4.72 Å². The molecular formula is C17H14Cl2N2O5S. The highest BCUT2D eigenvalue weighted by atomic mass is 35.5. The van der Waals surface area contributed by atoms with E-state index in [4.69, 9.17) is 27.9 Å². The number of anilines is 2. The van der Waals surface area contributed by atoms with Crippen molar-refractivity contribution >= 4 is 56.4 Å². The zero-order valence-corrected chi connectivity index (χ0v) is 16.4. The molecule has 0 radical (unpaired) electrons. The lowest BCUT2D eigenvalue weighted by Crippen LogP contribution is -2.29. The first-order valence-corrected chi connectivity index (χ1v) is 9.99. The van der Waals surface area contributed by atoms with E-state index in [9.17, 15) is 18.0 Å². The van der Waals surface area contributed by atoms with Crippen LogP contribution < -0.4 is 14.4 Å². The lowest BCUT2D eigenvalue weighted by molar-refractivity contribution is -0.121. The van der Waals surface area contributed by atoms with Gasteiger partial charge in [-0.1, -0.05) is 29.3 Å². The summed E-state index contributed by atoms with van der Waals surface area (Å²) in [4.78, 5) is 24.8. The number of imide groups is 1. The maximum absolute atomic E-state index is 12.8. The predicted molar refractivity (Wildman–Crippen MR) is 102 cm³/mol. The van der Waals surface area contributed by atoms with Crippen LogP contribution in [0.2, 0.25) is 10.0 Å². The van der Waals surface area contributed by atoms with Crippen molar-refractivity contribution in [2.75, 3.05) is 16.7 Å². The van der Waals surface area contributed by atoms with Crippen LogP contribution in [0, 0.1) is 0 Å². The number of hydrogen-bond acceptors (Lipinski definition) is 5. The Morgan fingerprint density at radius 2 is 1.74 bits per heavy atom. The number of amides is 2. The monoisotopic (exact) mass is 428 g/mol. The first-order valence-electron chi connectivity index (χ1n) is 7.75. The minimum Gasteiger partial charge on any atom is -0.495 e. The van der Waals surface area contributed by atoms with Crippen molar-refractivity contribution in [2.24, 2.45) is 0 Å². The lowest BCUT2D eigenvalue weighted by atomic mass is 10.2. The van der Waals surface area contributed by atoms with E-state index in [-0.39, 0.29) is 44.9 Å². The van der Waals surface area contributed by atoms with Crippen LogP contribution in [-0.2, 0) is 19.6 Å². The Morgan fingerprint density at radius 1 is 1.07 bits per heavy atom. The number of benzene rings is 2. The van der Waals surface area contributed by atoms with E-state index >= 15 is 0 Å². The molecule has 1 aliphatic heterocycles. The van der Waals surface area contributed by atoms with Gasteiger partial charge in [0.15, 0.2) is 0 Å². The summed E-state index contributed by atoms with van der Waals surface area (Å²) < 4.78 is 33.0. The molecule has 2 aromatic rings. The average Bonchev–Trinajstić information content (AvgIpc) is 2.96. The summed E-state index contributed by atoms with van der Waals surface area (Å²) in [5, 5.41) is 0.252. The quantitative estimate of drug-likeness (QED) is 0.735. The van der Waals surface area contributed by atoms with Gasteiger partial charge in [0.1, 0.15) is 5.75 Å². The van der Waals surface area contributed by atoms with Crippen LogP contribution in [0.25, 0.3) is 0 Å². The molecule has 0 aromatic heterocycles. The number of nitrogens with one attached hydrogen (secondary N) is 1. The molecular weight excluding hydrogens is 415 g/mol. The van der Waals surface area contributed by atoms with E-state index in [1.54, 1.807) is 6.07 Å². The van der Waals surface area contributed by atoms with Gasteiger partial charge in [0, 0.05) is 12.8 Å².